The van der Waals surface area contributed by atoms with Crippen LogP contribution in [0.5, 0.6) is 0 Å². The number of nitrogens with zero attached hydrogens (tertiary/aromatic N) is 2. The van der Waals surface area contributed by atoms with Gasteiger partial charge in [0.25, 0.3) is 0 Å². The van der Waals surface area contributed by atoms with E-state index in [9.17, 15) is 0 Å². The summed E-state index contributed by atoms with van der Waals surface area (Å²) >= 11 is 0. The fourth-order valence-corrected chi connectivity index (χ4v) is 9.22. The zero-order valence-electron chi connectivity index (χ0n) is 42.5. The number of benzene rings is 2. The number of rotatable bonds is 45. The van der Waals surface area contributed by atoms with Crippen molar-refractivity contribution in [3.8, 4) is 0 Å². The number of hydrogen-bond donors (Lipinski definition) is 0. The number of aliphatic imine (C=N–C) groups is 2. The van der Waals surface area contributed by atoms with E-state index in [1.165, 1.54) is 260 Å². The van der Waals surface area contributed by atoms with E-state index < -0.39 is 0 Å². The van der Waals surface area contributed by atoms with Crippen molar-refractivity contribution in [2.24, 2.45) is 9.98 Å². The minimum Gasteiger partial charge on any atom is -0.252 e. The molecule has 3 heteroatoms. The summed E-state index contributed by atoms with van der Waals surface area (Å²) in [6, 6.07) is 18.3. The summed E-state index contributed by atoms with van der Waals surface area (Å²) in [5.41, 5.74) is 7.57. The molecule has 0 aromatic heterocycles. The molecule has 63 heavy (non-hydrogen) atoms. The van der Waals surface area contributed by atoms with E-state index in [0.29, 0.717) is 0 Å². The molecule has 0 amide bonds. The molecule has 2 rings (SSSR count). The molecule has 0 heterocycles. The van der Waals surface area contributed by atoms with Crippen molar-refractivity contribution < 1.29 is 16.5 Å². The van der Waals surface area contributed by atoms with Crippen molar-refractivity contribution in [3.05, 3.63) is 59.7 Å². The first-order valence-electron chi connectivity index (χ1n) is 28.0. The molecule has 0 bridgehead atoms. The second kappa shape index (κ2) is 45.4. The Kier molecular flexibility index (Phi) is 42.8. The molecule has 0 aliphatic heterocycles. The van der Waals surface area contributed by atoms with Crippen LogP contribution in [0.15, 0.2) is 58.5 Å². The Balaban J connectivity index is 0.0000198. The molecular formula is C60H104N2Ni. The van der Waals surface area contributed by atoms with Crippen LogP contribution in [0, 0.1) is 0 Å². The molecular weight excluding hydrogens is 807 g/mol. The quantitative estimate of drug-likeness (QED) is 0.0359. The average molecular weight is 912 g/mol. The zero-order valence-corrected chi connectivity index (χ0v) is 43.5. The van der Waals surface area contributed by atoms with Crippen LogP contribution in [-0.2, 0) is 29.3 Å². The number of aryl methyl sites for hydroxylation is 2. The third kappa shape index (κ3) is 35.2. The van der Waals surface area contributed by atoms with Crippen LogP contribution in [0.4, 0.5) is 11.4 Å². The van der Waals surface area contributed by atoms with Crippen LogP contribution in [-0.4, -0.2) is 11.4 Å². The van der Waals surface area contributed by atoms with Crippen molar-refractivity contribution in [1.29, 1.82) is 0 Å². The molecule has 364 valence electrons. The molecule has 0 saturated heterocycles. The van der Waals surface area contributed by atoms with E-state index in [1.54, 1.807) is 0 Å². The van der Waals surface area contributed by atoms with Gasteiger partial charge in [-0.05, 0) is 86.8 Å². The number of unbranched alkanes of at least 4 members (excludes halogenated alkanes) is 34. The van der Waals surface area contributed by atoms with E-state index in [-0.39, 0.29) is 16.5 Å². The second-order valence-electron chi connectivity index (χ2n) is 19.5. The first-order valence-corrected chi connectivity index (χ1v) is 28.0. The van der Waals surface area contributed by atoms with Gasteiger partial charge in [-0.2, -0.15) is 0 Å². The molecule has 2 aromatic carbocycles. The van der Waals surface area contributed by atoms with E-state index in [1.807, 2.05) is 0 Å². The normalized spacial score (nSPS) is 12.0. The Morgan fingerprint density at radius 2 is 0.556 bits per heavy atom. The summed E-state index contributed by atoms with van der Waals surface area (Å²) in [6.07, 6.45) is 57.0. The van der Waals surface area contributed by atoms with Gasteiger partial charge in [-0.15, -0.1) is 0 Å². The van der Waals surface area contributed by atoms with Crippen molar-refractivity contribution in [2.75, 3.05) is 0 Å². The first kappa shape index (κ1) is 59.3. The number of hydrogen-bond acceptors (Lipinski definition) is 2. The molecule has 0 saturated carbocycles. The maximum atomic E-state index is 5.45. The molecule has 0 N–H and O–H groups in total. The summed E-state index contributed by atoms with van der Waals surface area (Å²) in [4.78, 5) is 10.9. The summed E-state index contributed by atoms with van der Waals surface area (Å²) in [5.74, 6) is 0. The predicted molar refractivity (Wildman–Crippen MR) is 282 cm³/mol. The predicted octanol–water partition coefficient (Wildman–Crippen LogP) is 21.3. The van der Waals surface area contributed by atoms with E-state index in [2.05, 4.69) is 76.2 Å². The molecule has 2 nitrogen and oxygen atoms in total. The van der Waals surface area contributed by atoms with E-state index >= 15 is 0 Å². The summed E-state index contributed by atoms with van der Waals surface area (Å²) in [7, 11) is 0. The topological polar surface area (TPSA) is 24.7 Å². The third-order valence-electron chi connectivity index (χ3n) is 13.4. The van der Waals surface area contributed by atoms with E-state index in [4.69, 9.17) is 9.98 Å². The van der Waals surface area contributed by atoms with Gasteiger partial charge in [-0.1, -0.05) is 270 Å². The van der Waals surface area contributed by atoms with Gasteiger partial charge in [0.05, 0.1) is 22.8 Å². The molecule has 0 fully saturated rings. The average Bonchev–Trinajstić information content (AvgIpc) is 3.28. The molecule has 0 aliphatic carbocycles. The second-order valence-corrected chi connectivity index (χ2v) is 19.5. The molecule has 0 radical (unpaired) electrons. The summed E-state index contributed by atoms with van der Waals surface area (Å²) < 4.78 is 0. The van der Waals surface area contributed by atoms with Crippen LogP contribution >= 0.6 is 0 Å². The van der Waals surface area contributed by atoms with Crippen LogP contribution < -0.4 is 0 Å². The fraction of sp³-hybridized carbons (Fsp3) is 0.767. The third-order valence-corrected chi connectivity index (χ3v) is 13.4. The monoisotopic (exact) mass is 911 g/mol. The van der Waals surface area contributed by atoms with Crippen molar-refractivity contribution in [2.45, 2.75) is 297 Å². The van der Waals surface area contributed by atoms with Crippen LogP contribution in [0.25, 0.3) is 0 Å². The minimum absolute atomic E-state index is 0. The largest absolute Gasteiger partial charge is 0.252 e. The Morgan fingerprint density at radius 1 is 0.302 bits per heavy atom. The standard InChI is InChI=1S/C60H104N2.Ni/c1-5-9-13-16-19-21-23-25-27-29-31-33-35-37-40-45-55-47-43-49-57(53-55)61-59(51-12-8-4)60(52-42-39-18-15-11-7-3)62-58-50-44-48-56(54-58)46-41-38-36-34-32-30-28-26-24-22-20-17-14-10-6-2;/h43-44,47-50,53-54H,5-42,45-46,51-52H2,1-4H3;/b61-59+,62-60-;. The summed E-state index contributed by atoms with van der Waals surface area (Å²) in [5, 5.41) is 0. The van der Waals surface area contributed by atoms with Gasteiger partial charge in [0.1, 0.15) is 0 Å². The first-order chi connectivity index (χ1) is 30.7. The van der Waals surface area contributed by atoms with Gasteiger partial charge >= 0.3 is 0 Å². The van der Waals surface area contributed by atoms with Gasteiger partial charge in [0.15, 0.2) is 0 Å². The van der Waals surface area contributed by atoms with E-state index in [0.717, 1.165) is 43.5 Å². The van der Waals surface area contributed by atoms with Crippen molar-refractivity contribution >= 4 is 22.8 Å². The van der Waals surface area contributed by atoms with Crippen molar-refractivity contribution in [3.63, 3.8) is 0 Å². The minimum atomic E-state index is 0. The Bertz CT molecular complexity index is 1330. The van der Waals surface area contributed by atoms with Crippen molar-refractivity contribution in [1.82, 2.24) is 0 Å². The van der Waals surface area contributed by atoms with Crippen LogP contribution in [0.3, 0.4) is 0 Å². The Labute approximate surface area is 404 Å². The maximum absolute atomic E-state index is 5.45. The fourth-order valence-electron chi connectivity index (χ4n) is 9.22. The summed E-state index contributed by atoms with van der Waals surface area (Å²) in [6.45, 7) is 9.23. The van der Waals surface area contributed by atoms with Gasteiger partial charge in [-0.3, -0.25) is 9.98 Å². The zero-order chi connectivity index (χ0) is 44.2. The van der Waals surface area contributed by atoms with Gasteiger partial charge < -0.3 is 0 Å². The smallest absolute Gasteiger partial charge is 0.0636 e. The van der Waals surface area contributed by atoms with Gasteiger partial charge in [-0.25, -0.2) is 0 Å². The Morgan fingerprint density at radius 3 is 0.857 bits per heavy atom. The molecule has 0 unspecified atom stereocenters. The maximum Gasteiger partial charge on any atom is 0.0636 e. The van der Waals surface area contributed by atoms with Gasteiger partial charge in [0, 0.05) is 16.5 Å². The molecule has 0 aliphatic rings. The Hall–Kier alpha value is -1.73. The van der Waals surface area contributed by atoms with Gasteiger partial charge in [0.2, 0.25) is 0 Å². The molecule has 0 spiro atoms. The molecule has 2 aromatic rings. The van der Waals surface area contributed by atoms with Crippen LogP contribution in [0.2, 0.25) is 0 Å². The molecule has 0 atom stereocenters. The SMILES string of the molecule is CCCCCCCCCCCCCCCCCc1cccc(/N=C(CCCCCCCC)\C(CCCC)=N\c2cccc(CCCCCCCCCCCCCCCCC)c2)c1.[Ni]. The van der Waals surface area contributed by atoms with Crippen LogP contribution in [0.1, 0.15) is 296 Å².